The van der Waals surface area contributed by atoms with E-state index >= 15 is 0 Å². The normalized spacial score (nSPS) is 37.1. The quantitative estimate of drug-likeness (QED) is 0.737. The smallest absolute Gasteiger partial charge is 0.0677 e. The SMILES string of the molecule is CC1(C)CC(C(N)C2CC2)C(C)(C)O1. The van der Waals surface area contributed by atoms with E-state index in [1.807, 2.05) is 0 Å². The largest absolute Gasteiger partial charge is 0.369 e. The number of ether oxygens (including phenoxy) is 1. The molecule has 0 aromatic carbocycles. The highest BCUT2D eigenvalue weighted by Crippen LogP contribution is 2.47. The van der Waals surface area contributed by atoms with Crippen LogP contribution >= 0.6 is 0 Å². The Morgan fingerprint density at radius 2 is 1.79 bits per heavy atom. The topological polar surface area (TPSA) is 35.2 Å². The van der Waals surface area contributed by atoms with Crippen LogP contribution in [0.4, 0.5) is 0 Å². The average molecular weight is 197 g/mol. The van der Waals surface area contributed by atoms with Gasteiger partial charge in [-0.05, 0) is 52.9 Å². The van der Waals surface area contributed by atoms with Gasteiger partial charge in [0.1, 0.15) is 0 Å². The van der Waals surface area contributed by atoms with Crippen molar-refractivity contribution in [2.75, 3.05) is 0 Å². The maximum Gasteiger partial charge on any atom is 0.0677 e. The summed E-state index contributed by atoms with van der Waals surface area (Å²) in [6.45, 7) is 8.73. The Morgan fingerprint density at radius 1 is 1.21 bits per heavy atom. The molecular weight excluding hydrogens is 174 g/mol. The van der Waals surface area contributed by atoms with Crippen LogP contribution in [0.15, 0.2) is 0 Å². The van der Waals surface area contributed by atoms with Crippen molar-refractivity contribution >= 4 is 0 Å². The molecule has 0 bridgehead atoms. The first-order chi connectivity index (χ1) is 6.32. The van der Waals surface area contributed by atoms with Crippen LogP contribution in [0.25, 0.3) is 0 Å². The summed E-state index contributed by atoms with van der Waals surface area (Å²) in [4.78, 5) is 0. The van der Waals surface area contributed by atoms with Gasteiger partial charge in [-0.25, -0.2) is 0 Å². The van der Waals surface area contributed by atoms with Gasteiger partial charge in [0.15, 0.2) is 0 Å². The van der Waals surface area contributed by atoms with Gasteiger partial charge in [0.2, 0.25) is 0 Å². The first-order valence-corrected chi connectivity index (χ1v) is 5.78. The van der Waals surface area contributed by atoms with E-state index in [2.05, 4.69) is 27.7 Å². The lowest BCUT2D eigenvalue weighted by molar-refractivity contribution is -0.0771. The summed E-state index contributed by atoms with van der Waals surface area (Å²) >= 11 is 0. The van der Waals surface area contributed by atoms with Crippen LogP contribution in [0, 0.1) is 11.8 Å². The van der Waals surface area contributed by atoms with Gasteiger partial charge in [0, 0.05) is 12.0 Å². The molecule has 2 heteroatoms. The molecular formula is C12H23NO. The number of hydrogen-bond acceptors (Lipinski definition) is 2. The lowest BCUT2D eigenvalue weighted by Gasteiger charge is -2.31. The second-order valence-corrected chi connectivity index (χ2v) is 6.19. The summed E-state index contributed by atoms with van der Waals surface area (Å²) in [5, 5.41) is 0. The molecule has 0 aromatic heterocycles. The third-order valence-corrected chi connectivity index (χ3v) is 3.77. The van der Waals surface area contributed by atoms with E-state index in [4.69, 9.17) is 10.5 Å². The molecule has 0 radical (unpaired) electrons. The summed E-state index contributed by atoms with van der Waals surface area (Å²) in [5.74, 6) is 1.31. The summed E-state index contributed by atoms with van der Waals surface area (Å²) < 4.78 is 6.07. The van der Waals surface area contributed by atoms with Crippen LogP contribution in [0.5, 0.6) is 0 Å². The summed E-state index contributed by atoms with van der Waals surface area (Å²) in [7, 11) is 0. The lowest BCUT2D eigenvalue weighted by Crippen LogP contribution is -2.42. The van der Waals surface area contributed by atoms with Crippen LogP contribution in [-0.2, 0) is 4.74 Å². The number of hydrogen-bond donors (Lipinski definition) is 1. The van der Waals surface area contributed by atoms with Crippen LogP contribution in [0.2, 0.25) is 0 Å². The first kappa shape index (κ1) is 10.4. The fourth-order valence-electron chi connectivity index (χ4n) is 3.01. The molecule has 1 saturated carbocycles. The van der Waals surface area contributed by atoms with E-state index in [-0.39, 0.29) is 11.2 Å². The monoisotopic (exact) mass is 197 g/mol. The predicted molar refractivity (Wildman–Crippen MR) is 58.0 cm³/mol. The first-order valence-electron chi connectivity index (χ1n) is 5.78. The standard InChI is InChI=1S/C12H23NO/c1-11(2)7-9(12(3,4)14-11)10(13)8-5-6-8/h8-10H,5-7,13H2,1-4H3. The molecule has 2 rings (SSSR count). The van der Waals surface area contributed by atoms with Gasteiger partial charge in [-0.2, -0.15) is 0 Å². The highest BCUT2D eigenvalue weighted by Gasteiger charge is 2.50. The van der Waals surface area contributed by atoms with Crippen molar-refractivity contribution in [1.82, 2.24) is 0 Å². The molecule has 0 amide bonds. The van der Waals surface area contributed by atoms with Gasteiger partial charge in [-0.15, -0.1) is 0 Å². The molecule has 2 N–H and O–H groups in total. The third-order valence-electron chi connectivity index (χ3n) is 3.77. The summed E-state index contributed by atoms with van der Waals surface area (Å²) in [5.41, 5.74) is 6.28. The van der Waals surface area contributed by atoms with Gasteiger partial charge < -0.3 is 10.5 Å². The zero-order valence-corrected chi connectivity index (χ0v) is 9.84. The van der Waals surface area contributed by atoms with Crippen molar-refractivity contribution in [3.8, 4) is 0 Å². The van der Waals surface area contributed by atoms with Gasteiger partial charge in [-0.3, -0.25) is 0 Å². The minimum atomic E-state index is -0.0362. The van der Waals surface area contributed by atoms with E-state index in [1.165, 1.54) is 12.8 Å². The maximum atomic E-state index is 6.30. The van der Waals surface area contributed by atoms with Crippen molar-refractivity contribution in [2.45, 2.75) is 64.2 Å². The van der Waals surface area contributed by atoms with Crippen molar-refractivity contribution in [3.05, 3.63) is 0 Å². The fourth-order valence-corrected chi connectivity index (χ4v) is 3.01. The molecule has 14 heavy (non-hydrogen) atoms. The minimum absolute atomic E-state index is 0.0146. The maximum absolute atomic E-state index is 6.30. The van der Waals surface area contributed by atoms with Crippen LogP contribution < -0.4 is 5.73 Å². The Labute approximate surface area is 87.2 Å². The molecule has 2 aliphatic rings. The van der Waals surface area contributed by atoms with Crippen molar-refractivity contribution in [3.63, 3.8) is 0 Å². The van der Waals surface area contributed by atoms with Gasteiger partial charge in [-0.1, -0.05) is 0 Å². The Balaban J connectivity index is 2.10. The second kappa shape index (κ2) is 2.96. The molecule has 1 aliphatic heterocycles. The second-order valence-electron chi connectivity index (χ2n) is 6.19. The molecule has 2 atom stereocenters. The zero-order chi connectivity index (χ0) is 10.6. The Morgan fingerprint density at radius 3 is 2.14 bits per heavy atom. The van der Waals surface area contributed by atoms with Gasteiger partial charge in [0.25, 0.3) is 0 Å². The average Bonchev–Trinajstić information content (AvgIpc) is 2.75. The third kappa shape index (κ3) is 1.82. The predicted octanol–water partition coefficient (Wildman–Crippen LogP) is 2.32. The Bertz CT molecular complexity index is 230. The van der Waals surface area contributed by atoms with E-state index < -0.39 is 0 Å². The molecule has 0 aromatic rings. The van der Waals surface area contributed by atoms with Crippen LogP contribution in [0.3, 0.4) is 0 Å². The number of nitrogens with two attached hydrogens (primary N) is 1. The zero-order valence-electron chi connectivity index (χ0n) is 9.84. The number of rotatable bonds is 2. The van der Waals surface area contributed by atoms with E-state index in [0.29, 0.717) is 12.0 Å². The van der Waals surface area contributed by atoms with Gasteiger partial charge >= 0.3 is 0 Å². The summed E-state index contributed by atoms with van der Waals surface area (Å²) in [6.07, 6.45) is 3.76. The van der Waals surface area contributed by atoms with Crippen molar-refractivity contribution < 1.29 is 4.74 Å². The molecule has 1 aliphatic carbocycles. The summed E-state index contributed by atoms with van der Waals surface area (Å²) in [6, 6.07) is 0.353. The Hall–Kier alpha value is -0.0800. The van der Waals surface area contributed by atoms with Crippen LogP contribution in [-0.4, -0.2) is 17.2 Å². The van der Waals surface area contributed by atoms with Crippen molar-refractivity contribution in [2.24, 2.45) is 17.6 Å². The van der Waals surface area contributed by atoms with Gasteiger partial charge in [0.05, 0.1) is 11.2 Å². The van der Waals surface area contributed by atoms with Crippen LogP contribution in [0.1, 0.15) is 47.0 Å². The van der Waals surface area contributed by atoms with E-state index in [0.717, 1.165) is 12.3 Å². The molecule has 0 spiro atoms. The molecule has 82 valence electrons. The minimum Gasteiger partial charge on any atom is -0.369 e. The molecule has 2 fully saturated rings. The lowest BCUT2D eigenvalue weighted by atomic mass is 9.80. The fraction of sp³-hybridized carbons (Fsp3) is 1.00. The highest BCUT2D eigenvalue weighted by atomic mass is 16.5. The highest BCUT2D eigenvalue weighted by molar-refractivity contribution is 5.02. The van der Waals surface area contributed by atoms with E-state index in [9.17, 15) is 0 Å². The van der Waals surface area contributed by atoms with E-state index in [1.54, 1.807) is 0 Å². The molecule has 2 unspecified atom stereocenters. The van der Waals surface area contributed by atoms with Crippen molar-refractivity contribution in [1.29, 1.82) is 0 Å². The molecule has 2 nitrogen and oxygen atoms in total. The molecule has 1 saturated heterocycles. The molecule has 1 heterocycles. The Kier molecular flexibility index (Phi) is 2.20.